The van der Waals surface area contributed by atoms with Crippen molar-refractivity contribution in [3.8, 4) is 0 Å². The lowest BCUT2D eigenvalue weighted by Crippen LogP contribution is -2.43. The van der Waals surface area contributed by atoms with Gasteiger partial charge in [-0.15, -0.1) is 0 Å². The fraction of sp³-hybridized carbons (Fsp3) is 1.00. The summed E-state index contributed by atoms with van der Waals surface area (Å²) in [5.41, 5.74) is 0. The highest BCUT2D eigenvalue weighted by Crippen LogP contribution is 2.12. The molecule has 1 nitrogen and oxygen atoms in total. The Morgan fingerprint density at radius 2 is 1.25 bits per heavy atom. The second-order valence-electron chi connectivity index (χ2n) is 3.89. The van der Waals surface area contributed by atoms with Crippen LogP contribution in [-0.4, -0.2) is 31.4 Å². The van der Waals surface area contributed by atoms with E-state index in [4.69, 9.17) is 0 Å². The Hall–Kier alpha value is 0.0249. The summed E-state index contributed by atoms with van der Waals surface area (Å²) < 4.78 is 0. The fourth-order valence-electron chi connectivity index (χ4n) is 1.83. The third-order valence-corrected chi connectivity index (χ3v) is 2.29. The Bertz CT molecular complexity index is 94.0. The minimum atomic E-state index is 0. The molecule has 12 heavy (non-hydrogen) atoms. The minimum Gasteiger partial charge on any atom is -0.296 e. The Balaban J connectivity index is 0. The average molecular weight is 171 g/mol. The lowest BCUT2D eigenvalue weighted by molar-refractivity contribution is 0.120. The van der Waals surface area contributed by atoms with Gasteiger partial charge in [0.25, 0.3) is 0 Å². The predicted octanol–water partition coefficient (Wildman–Crippen LogP) is 1.72. The number of nitrogens with zero attached hydrogens (tertiary/aromatic N) is 1. The molecule has 1 unspecified atom stereocenters. The maximum absolute atomic E-state index is 2.56. The highest BCUT2D eigenvalue weighted by Gasteiger charge is 2.17. The molecule has 0 aliphatic carbocycles. The third kappa shape index (κ3) is 4.15. The van der Waals surface area contributed by atoms with Gasteiger partial charge in [0.2, 0.25) is 0 Å². The zero-order valence-corrected chi connectivity index (χ0v) is 8.89. The molecule has 0 fully saturated rings. The van der Waals surface area contributed by atoms with Crippen LogP contribution in [0.15, 0.2) is 0 Å². The minimum absolute atomic E-state index is 0. The van der Waals surface area contributed by atoms with E-state index in [9.17, 15) is 0 Å². The summed E-state index contributed by atoms with van der Waals surface area (Å²) in [7, 11) is 0. The molecule has 0 saturated carbocycles. The second-order valence-corrected chi connectivity index (χ2v) is 3.89. The van der Waals surface area contributed by atoms with E-state index in [0.717, 1.165) is 6.04 Å². The maximum Gasteiger partial charge on any atom is 0.0814 e. The van der Waals surface area contributed by atoms with Gasteiger partial charge >= 0.3 is 0 Å². The predicted molar refractivity (Wildman–Crippen MR) is 61.8 cm³/mol. The van der Waals surface area contributed by atoms with Gasteiger partial charge in [-0.1, -0.05) is 6.92 Å². The molecule has 0 aliphatic rings. The van der Waals surface area contributed by atoms with Gasteiger partial charge in [-0.05, 0) is 41.0 Å². The Labute approximate surface area is 80.1 Å². The van der Waals surface area contributed by atoms with Crippen molar-refractivity contribution < 1.29 is 0 Å². The zero-order valence-electron chi connectivity index (χ0n) is 8.89. The molecule has 0 radical (unpaired) electrons. The first-order chi connectivity index (χ1) is 5.00. The van der Waals surface area contributed by atoms with E-state index in [1.807, 2.05) is 0 Å². The van der Waals surface area contributed by atoms with E-state index >= 15 is 0 Å². The van der Waals surface area contributed by atoms with Crippen molar-refractivity contribution >= 4 is 8.41 Å². The monoisotopic (exact) mass is 171 g/mol. The quantitative estimate of drug-likeness (QED) is 0.582. The van der Waals surface area contributed by atoms with Gasteiger partial charge in [0, 0.05) is 18.1 Å². The SMILES string of the molecule is B.CCC(C)N(C(C)C)C(C)C. The van der Waals surface area contributed by atoms with Crippen molar-refractivity contribution in [3.63, 3.8) is 0 Å². The number of hydrogen-bond donors (Lipinski definition) is 0. The standard InChI is InChI=1S/C10H23N.BH3/c1-7-10(6)11(8(2)3)9(4)5;/h8-10H,7H2,1-6H3;1H3. The van der Waals surface area contributed by atoms with Crippen molar-refractivity contribution in [2.45, 2.75) is 66.1 Å². The zero-order chi connectivity index (χ0) is 9.02. The van der Waals surface area contributed by atoms with Gasteiger partial charge in [-0.2, -0.15) is 0 Å². The first kappa shape index (κ1) is 14.5. The molecule has 0 rings (SSSR count). The molecule has 0 saturated heterocycles. The highest BCUT2D eigenvalue weighted by molar-refractivity contribution is 5.75. The first-order valence-electron chi connectivity index (χ1n) is 4.78. The molecular weight excluding hydrogens is 145 g/mol. The molecule has 0 aromatic carbocycles. The van der Waals surface area contributed by atoms with E-state index in [-0.39, 0.29) is 8.41 Å². The van der Waals surface area contributed by atoms with Crippen LogP contribution in [0.25, 0.3) is 0 Å². The summed E-state index contributed by atoms with van der Waals surface area (Å²) in [5, 5.41) is 0. The van der Waals surface area contributed by atoms with Gasteiger partial charge in [0.15, 0.2) is 0 Å². The largest absolute Gasteiger partial charge is 0.296 e. The fourth-order valence-corrected chi connectivity index (χ4v) is 1.83. The molecule has 2 heteroatoms. The van der Waals surface area contributed by atoms with Crippen LogP contribution in [0.4, 0.5) is 0 Å². The van der Waals surface area contributed by atoms with Gasteiger partial charge in [0.05, 0.1) is 8.41 Å². The maximum atomic E-state index is 2.56. The Morgan fingerprint density at radius 3 is 1.33 bits per heavy atom. The Kier molecular flexibility index (Phi) is 7.92. The van der Waals surface area contributed by atoms with E-state index in [0.29, 0.717) is 12.1 Å². The molecule has 1 atom stereocenters. The van der Waals surface area contributed by atoms with E-state index < -0.39 is 0 Å². The van der Waals surface area contributed by atoms with E-state index in [1.54, 1.807) is 0 Å². The smallest absolute Gasteiger partial charge is 0.0814 e. The summed E-state index contributed by atoms with van der Waals surface area (Å²) in [4.78, 5) is 2.56. The summed E-state index contributed by atoms with van der Waals surface area (Å²) in [6.07, 6.45) is 1.25. The van der Waals surface area contributed by atoms with Gasteiger partial charge < -0.3 is 0 Å². The van der Waals surface area contributed by atoms with Gasteiger partial charge in [0.1, 0.15) is 0 Å². The van der Waals surface area contributed by atoms with Crippen molar-refractivity contribution in [2.75, 3.05) is 0 Å². The molecular formula is C10H26BN. The lowest BCUT2D eigenvalue weighted by atomic mass is 10.1. The topological polar surface area (TPSA) is 3.24 Å². The highest BCUT2D eigenvalue weighted by atomic mass is 15.2. The van der Waals surface area contributed by atoms with Crippen molar-refractivity contribution in [1.29, 1.82) is 0 Å². The van der Waals surface area contributed by atoms with Crippen LogP contribution < -0.4 is 0 Å². The van der Waals surface area contributed by atoms with Crippen molar-refractivity contribution in [2.24, 2.45) is 0 Å². The van der Waals surface area contributed by atoms with Crippen molar-refractivity contribution in [1.82, 2.24) is 4.90 Å². The van der Waals surface area contributed by atoms with Crippen LogP contribution in [-0.2, 0) is 0 Å². The van der Waals surface area contributed by atoms with Gasteiger partial charge in [-0.3, -0.25) is 4.90 Å². The number of rotatable bonds is 4. The van der Waals surface area contributed by atoms with Crippen molar-refractivity contribution in [3.05, 3.63) is 0 Å². The Morgan fingerprint density at radius 1 is 0.917 bits per heavy atom. The molecule has 0 aromatic heterocycles. The first-order valence-corrected chi connectivity index (χ1v) is 4.78. The lowest BCUT2D eigenvalue weighted by Gasteiger charge is -2.35. The molecule has 0 heterocycles. The number of hydrogen-bond acceptors (Lipinski definition) is 1. The van der Waals surface area contributed by atoms with Crippen LogP contribution in [0.1, 0.15) is 48.0 Å². The van der Waals surface area contributed by atoms with Crippen LogP contribution in [0.2, 0.25) is 0 Å². The molecule has 0 aromatic rings. The molecule has 0 spiro atoms. The molecule has 0 amide bonds. The van der Waals surface area contributed by atoms with Gasteiger partial charge in [-0.25, -0.2) is 0 Å². The molecule has 0 N–H and O–H groups in total. The van der Waals surface area contributed by atoms with E-state index in [1.165, 1.54) is 6.42 Å². The summed E-state index contributed by atoms with van der Waals surface area (Å²) >= 11 is 0. The van der Waals surface area contributed by atoms with E-state index in [2.05, 4.69) is 46.4 Å². The normalized spacial score (nSPS) is 13.8. The summed E-state index contributed by atoms with van der Waals surface area (Å²) in [5.74, 6) is 0. The van der Waals surface area contributed by atoms with Crippen LogP contribution in [0.5, 0.6) is 0 Å². The second kappa shape index (κ2) is 6.53. The molecule has 74 valence electrons. The third-order valence-electron chi connectivity index (χ3n) is 2.29. The summed E-state index contributed by atoms with van der Waals surface area (Å²) in [6.45, 7) is 13.6. The average Bonchev–Trinajstić information content (AvgIpc) is 1.85. The molecule has 0 bridgehead atoms. The van der Waals surface area contributed by atoms with Crippen LogP contribution in [0, 0.1) is 0 Å². The summed E-state index contributed by atoms with van der Waals surface area (Å²) in [6, 6.07) is 2.06. The van der Waals surface area contributed by atoms with Crippen LogP contribution in [0.3, 0.4) is 0 Å². The van der Waals surface area contributed by atoms with Crippen LogP contribution >= 0.6 is 0 Å². The molecule has 0 aliphatic heterocycles.